The number of nitrogens with zero attached hydrogens (tertiary/aromatic N) is 2. The van der Waals surface area contributed by atoms with Gasteiger partial charge in [-0.3, -0.25) is 4.79 Å². The molecule has 4 nitrogen and oxygen atoms in total. The molecule has 0 radical (unpaired) electrons. The lowest BCUT2D eigenvalue weighted by atomic mass is 10.2. The van der Waals surface area contributed by atoms with E-state index in [1.165, 1.54) is 6.33 Å². The highest BCUT2D eigenvalue weighted by Gasteiger charge is 1.99. The molecular formula is C9H5N3O. The maximum Gasteiger partial charge on any atom is 0.258 e. The molecule has 0 unspecified atom stereocenters. The smallest absolute Gasteiger partial charge is 0.258 e. The predicted molar refractivity (Wildman–Crippen MR) is 47.1 cm³/mol. The van der Waals surface area contributed by atoms with E-state index in [1.807, 2.05) is 6.07 Å². The number of nitriles is 1. The fourth-order valence-corrected chi connectivity index (χ4v) is 1.14. The lowest BCUT2D eigenvalue weighted by Gasteiger charge is -1.94. The Morgan fingerprint density at radius 1 is 1.46 bits per heavy atom. The van der Waals surface area contributed by atoms with Gasteiger partial charge in [0.25, 0.3) is 5.56 Å². The molecule has 0 saturated carbocycles. The second-order valence-electron chi connectivity index (χ2n) is 2.58. The average molecular weight is 171 g/mol. The van der Waals surface area contributed by atoms with Gasteiger partial charge in [-0.1, -0.05) is 0 Å². The Hall–Kier alpha value is -2.15. The van der Waals surface area contributed by atoms with E-state index in [9.17, 15) is 4.79 Å². The molecule has 4 heteroatoms. The maximum atomic E-state index is 11.2. The van der Waals surface area contributed by atoms with Gasteiger partial charge in [0, 0.05) is 0 Å². The first-order chi connectivity index (χ1) is 6.31. The van der Waals surface area contributed by atoms with Gasteiger partial charge in [-0.25, -0.2) is 4.98 Å². The number of nitrogens with one attached hydrogen (secondary N) is 1. The van der Waals surface area contributed by atoms with Crippen molar-refractivity contribution in [3.8, 4) is 6.07 Å². The van der Waals surface area contributed by atoms with Gasteiger partial charge in [-0.15, -0.1) is 0 Å². The Balaban J connectivity index is 2.90. The van der Waals surface area contributed by atoms with Crippen LogP contribution < -0.4 is 5.56 Å². The van der Waals surface area contributed by atoms with E-state index in [2.05, 4.69) is 9.97 Å². The highest BCUT2D eigenvalue weighted by molar-refractivity contribution is 5.78. The van der Waals surface area contributed by atoms with Gasteiger partial charge in [0.2, 0.25) is 0 Å². The summed E-state index contributed by atoms with van der Waals surface area (Å²) in [5.74, 6) is 0. The highest BCUT2D eigenvalue weighted by atomic mass is 16.1. The van der Waals surface area contributed by atoms with Crippen molar-refractivity contribution in [2.75, 3.05) is 0 Å². The van der Waals surface area contributed by atoms with Crippen molar-refractivity contribution >= 4 is 10.9 Å². The summed E-state index contributed by atoms with van der Waals surface area (Å²) in [5.41, 5.74) is 0.864. The Bertz CT molecular complexity index is 551. The van der Waals surface area contributed by atoms with Crippen LogP contribution in [0.1, 0.15) is 5.56 Å². The summed E-state index contributed by atoms with van der Waals surface area (Å²) in [5, 5.41) is 9.10. The third-order valence-electron chi connectivity index (χ3n) is 1.77. The quantitative estimate of drug-likeness (QED) is 0.637. The summed E-state index contributed by atoms with van der Waals surface area (Å²) in [6.45, 7) is 0. The molecule has 0 bridgehead atoms. The third kappa shape index (κ3) is 1.16. The van der Waals surface area contributed by atoms with E-state index in [4.69, 9.17) is 5.26 Å². The van der Waals surface area contributed by atoms with Crippen molar-refractivity contribution in [1.29, 1.82) is 5.26 Å². The van der Waals surface area contributed by atoms with E-state index in [-0.39, 0.29) is 5.56 Å². The monoisotopic (exact) mass is 171 g/mol. The number of aromatic nitrogens is 2. The van der Waals surface area contributed by atoms with Crippen LogP contribution >= 0.6 is 0 Å². The Labute approximate surface area is 73.5 Å². The minimum atomic E-state index is -0.186. The van der Waals surface area contributed by atoms with Crippen molar-refractivity contribution in [3.63, 3.8) is 0 Å². The Morgan fingerprint density at radius 3 is 3.08 bits per heavy atom. The number of rotatable bonds is 0. The summed E-state index contributed by atoms with van der Waals surface area (Å²) in [6, 6.07) is 6.77. The molecule has 0 aliphatic heterocycles. The zero-order valence-electron chi connectivity index (χ0n) is 6.61. The predicted octanol–water partition coefficient (Wildman–Crippen LogP) is 0.795. The number of hydrogen-bond acceptors (Lipinski definition) is 3. The molecule has 2 aromatic rings. The molecule has 0 spiro atoms. The molecule has 1 N–H and O–H groups in total. The van der Waals surface area contributed by atoms with E-state index < -0.39 is 0 Å². The number of aromatic amines is 1. The van der Waals surface area contributed by atoms with Crippen LogP contribution in [-0.4, -0.2) is 9.97 Å². The molecular weight excluding hydrogens is 166 g/mol. The van der Waals surface area contributed by atoms with Crippen LogP contribution in [0.25, 0.3) is 10.9 Å². The molecule has 0 saturated heterocycles. The van der Waals surface area contributed by atoms with Crippen LogP contribution in [0.2, 0.25) is 0 Å². The molecule has 0 atom stereocenters. The topological polar surface area (TPSA) is 69.5 Å². The summed E-state index contributed by atoms with van der Waals surface area (Å²) >= 11 is 0. The number of fused-ring (bicyclic) bond motifs is 1. The number of benzene rings is 1. The summed E-state index contributed by atoms with van der Waals surface area (Å²) < 4.78 is 0. The first kappa shape index (κ1) is 7.50. The largest absolute Gasteiger partial charge is 0.313 e. The molecule has 0 aliphatic carbocycles. The molecule has 1 aromatic heterocycles. The maximum absolute atomic E-state index is 11.2. The van der Waals surface area contributed by atoms with Crippen LogP contribution in [-0.2, 0) is 0 Å². The average Bonchev–Trinajstić information content (AvgIpc) is 2.18. The van der Waals surface area contributed by atoms with Gasteiger partial charge in [0.1, 0.15) is 0 Å². The fourth-order valence-electron chi connectivity index (χ4n) is 1.14. The zero-order chi connectivity index (χ0) is 9.26. The summed E-state index contributed by atoms with van der Waals surface area (Å²) in [4.78, 5) is 17.6. The van der Waals surface area contributed by atoms with E-state index >= 15 is 0 Å². The minimum absolute atomic E-state index is 0.186. The lowest BCUT2D eigenvalue weighted by molar-refractivity contribution is 1.17. The van der Waals surface area contributed by atoms with E-state index in [0.29, 0.717) is 16.5 Å². The van der Waals surface area contributed by atoms with Crippen molar-refractivity contribution in [2.24, 2.45) is 0 Å². The Kier molecular flexibility index (Phi) is 1.57. The molecule has 13 heavy (non-hydrogen) atoms. The van der Waals surface area contributed by atoms with Crippen LogP contribution in [0.3, 0.4) is 0 Å². The van der Waals surface area contributed by atoms with Crippen molar-refractivity contribution in [1.82, 2.24) is 9.97 Å². The molecule has 0 fully saturated rings. The van der Waals surface area contributed by atoms with Gasteiger partial charge < -0.3 is 4.98 Å². The van der Waals surface area contributed by atoms with Gasteiger partial charge >= 0.3 is 0 Å². The molecule has 0 amide bonds. The van der Waals surface area contributed by atoms with E-state index in [1.54, 1.807) is 18.2 Å². The zero-order valence-corrected chi connectivity index (χ0v) is 6.61. The highest BCUT2D eigenvalue weighted by Crippen LogP contribution is 2.07. The molecule has 2 rings (SSSR count). The van der Waals surface area contributed by atoms with Gasteiger partial charge in [0.15, 0.2) is 0 Å². The van der Waals surface area contributed by atoms with Gasteiger partial charge in [-0.05, 0) is 18.2 Å². The van der Waals surface area contributed by atoms with Gasteiger partial charge in [-0.2, -0.15) is 5.26 Å². The third-order valence-corrected chi connectivity index (χ3v) is 1.77. The SMILES string of the molecule is N#Cc1ccc2c(=O)[nH]cnc2c1. The summed E-state index contributed by atoms with van der Waals surface area (Å²) in [6.07, 6.45) is 1.33. The minimum Gasteiger partial charge on any atom is -0.313 e. The normalized spacial score (nSPS) is 9.77. The van der Waals surface area contributed by atoms with Crippen molar-refractivity contribution in [2.45, 2.75) is 0 Å². The Morgan fingerprint density at radius 2 is 2.31 bits per heavy atom. The first-order valence-electron chi connectivity index (χ1n) is 3.69. The number of H-pyrrole nitrogens is 1. The van der Waals surface area contributed by atoms with Crippen molar-refractivity contribution in [3.05, 3.63) is 40.4 Å². The second kappa shape index (κ2) is 2.72. The van der Waals surface area contributed by atoms with Crippen LogP contribution in [0.4, 0.5) is 0 Å². The number of hydrogen-bond donors (Lipinski definition) is 1. The molecule has 0 aliphatic rings. The molecule has 62 valence electrons. The first-order valence-corrected chi connectivity index (χ1v) is 3.69. The molecule has 1 heterocycles. The summed E-state index contributed by atoms with van der Waals surface area (Å²) in [7, 11) is 0. The van der Waals surface area contributed by atoms with Crippen LogP contribution in [0.15, 0.2) is 29.3 Å². The second-order valence-corrected chi connectivity index (χ2v) is 2.58. The van der Waals surface area contributed by atoms with Crippen LogP contribution in [0, 0.1) is 11.3 Å². The lowest BCUT2D eigenvalue weighted by Crippen LogP contribution is -2.05. The van der Waals surface area contributed by atoms with E-state index in [0.717, 1.165) is 0 Å². The fraction of sp³-hybridized carbons (Fsp3) is 0. The van der Waals surface area contributed by atoms with Crippen LogP contribution in [0.5, 0.6) is 0 Å². The molecule has 1 aromatic carbocycles. The van der Waals surface area contributed by atoms with Gasteiger partial charge in [0.05, 0.1) is 28.9 Å². The standard InChI is InChI=1S/C9H5N3O/c10-4-6-1-2-7-8(3-6)11-5-12-9(7)13/h1-3,5H,(H,11,12,13). The van der Waals surface area contributed by atoms with Crippen molar-refractivity contribution < 1.29 is 0 Å².